The van der Waals surface area contributed by atoms with Gasteiger partial charge in [-0.25, -0.2) is 9.07 Å². The van der Waals surface area contributed by atoms with Crippen LogP contribution in [-0.4, -0.2) is 22.7 Å². The second kappa shape index (κ2) is 7.38. The summed E-state index contributed by atoms with van der Waals surface area (Å²) in [6.45, 7) is 4.04. The van der Waals surface area contributed by atoms with Crippen LogP contribution in [-0.2, 0) is 4.79 Å². The monoisotopic (exact) mass is 417 g/mol. The van der Waals surface area contributed by atoms with E-state index in [1.807, 2.05) is 35.9 Å². The number of halogens is 1. The molecule has 2 atom stereocenters. The number of aromatic nitrogens is 2. The van der Waals surface area contributed by atoms with E-state index in [4.69, 9.17) is 9.84 Å². The molecule has 0 amide bonds. The van der Waals surface area contributed by atoms with Gasteiger partial charge in [0.15, 0.2) is 5.78 Å². The number of nitrogens with one attached hydrogen (secondary N) is 1. The minimum absolute atomic E-state index is 0.138. The Morgan fingerprint density at radius 2 is 1.87 bits per heavy atom. The van der Waals surface area contributed by atoms with Crippen LogP contribution in [0.15, 0.2) is 59.8 Å². The third kappa shape index (κ3) is 3.14. The van der Waals surface area contributed by atoms with Gasteiger partial charge < -0.3 is 10.1 Å². The standard InChI is InChI=1S/C25H24FN3O2/c1-14-12-19-23(20(30)13-14)24(18-6-4-5-7-21(18)31-3)29-25(27-19)22(15(2)28-29)16-8-10-17(26)11-9-16/h4-11,14,24,27H,12-13H2,1-3H3/t14-,24-/m0/s1. The fraction of sp³-hybridized carbons (Fsp3) is 0.280. The second-order valence-corrected chi connectivity index (χ2v) is 8.36. The van der Waals surface area contributed by atoms with Gasteiger partial charge in [-0.1, -0.05) is 37.3 Å². The summed E-state index contributed by atoms with van der Waals surface area (Å²) in [5.74, 6) is 1.66. The van der Waals surface area contributed by atoms with Crippen LogP contribution in [0.1, 0.15) is 37.1 Å². The molecular formula is C25H24FN3O2. The molecule has 0 saturated carbocycles. The summed E-state index contributed by atoms with van der Waals surface area (Å²) in [6, 6.07) is 13.8. The van der Waals surface area contributed by atoms with E-state index in [0.717, 1.165) is 51.6 Å². The molecule has 0 spiro atoms. The fourth-order valence-electron chi connectivity index (χ4n) is 4.82. The highest BCUT2D eigenvalue weighted by atomic mass is 19.1. The van der Waals surface area contributed by atoms with Crippen molar-refractivity contribution in [2.24, 2.45) is 5.92 Å². The maximum Gasteiger partial charge on any atom is 0.163 e. The Hall–Kier alpha value is -3.41. The van der Waals surface area contributed by atoms with Crippen molar-refractivity contribution in [1.82, 2.24) is 9.78 Å². The van der Waals surface area contributed by atoms with Gasteiger partial charge in [-0.15, -0.1) is 0 Å². The van der Waals surface area contributed by atoms with Gasteiger partial charge in [0.1, 0.15) is 23.4 Å². The van der Waals surface area contributed by atoms with Crippen LogP contribution in [0.3, 0.4) is 0 Å². The number of nitrogens with zero attached hydrogens (tertiary/aromatic N) is 2. The molecule has 2 aliphatic rings. The summed E-state index contributed by atoms with van der Waals surface area (Å²) in [5.41, 5.74) is 5.20. The van der Waals surface area contributed by atoms with Crippen LogP contribution >= 0.6 is 0 Å². The summed E-state index contributed by atoms with van der Waals surface area (Å²) in [7, 11) is 1.64. The normalized spacial score (nSPS) is 20.2. The first-order valence-electron chi connectivity index (χ1n) is 10.5. The number of methoxy groups -OCH3 is 1. The number of ketones is 1. The molecule has 2 heterocycles. The van der Waals surface area contributed by atoms with Crippen LogP contribution in [0.25, 0.3) is 11.1 Å². The van der Waals surface area contributed by atoms with Crippen LogP contribution in [0.2, 0.25) is 0 Å². The Balaban J connectivity index is 1.76. The molecule has 1 aliphatic carbocycles. The van der Waals surface area contributed by atoms with E-state index in [0.29, 0.717) is 6.42 Å². The smallest absolute Gasteiger partial charge is 0.163 e. The van der Waals surface area contributed by atoms with Crippen LogP contribution in [0.4, 0.5) is 10.2 Å². The molecule has 0 fully saturated rings. The quantitative estimate of drug-likeness (QED) is 0.630. The van der Waals surface area contributed by atoms with E-state index in [9.17, 15) is 9.18 Å². The number of allylic oxidation sites excluding steroid dienone is 2. The number of carbonyl (C=O) groups excluding carboxylic acids is 1. The summed E-state index contributed by atoms with van der Waals surface area (Å²) >= 11 is 0. The molecular weight excluding hydrogens is 393 g/mol. The number of hydrogen-bond donors (Lipinski definition) is 1. The van der Waals surface area contributed by atoms with E-state index >= 15 is 0 Å². The third-order valence-electron chi connectivity index (χ3n) is 6.15. The van der Waals surface area contributed by atoms with E-state index in [1.54, 1.807) is 19.2 Å². The number of hydrogen-bond acceptors (Lipinski definition) is 4. The number of carbonyl (C=O) groups is 1. The van der Waals surface area contributed by atoms with E-state index < -0.39 is 0 Å². The Morgan fingerprint density at radius 3 is 2.61 bits per heavy atom. The van der Waals surface area contributed by atoms with Crippen molar-refractivity contribution in [2.45, 2.75) is 32.7 Å². The van der Waals surface area contributed by atoms with Gasteiger partial charge in [0.05, 0.1) is 12.8 Å². The molecule has 5 nitrogen and oxygen atoms in total. The predicted octanol–water partition coefficient (Wildman–Crippen LogP) is 5.27. The van der Waals surface area contributed by atoms with Gasteiger partial charge in [-0.05, 0) is 43.0 Å². The predicted molar refractivity (Wildman–Crippen MR) is 118 cm³/mol. The molecule has 0 radical (unpaired) electrons. The maximum atomic E-state index is 13.5. The number of rotatable bonds is 3. The minimum atomic E-state index is -0.379. The molecule has 0 saturated heterocycles. The van der Waals surface area contributed by atoms with Crippen molar-refractivity contribution >= 4 is 11.6 Å². The van der Waals surface area contributed by atoms with Crippen LogP contribution in [0.5, 0.6) is 5.75 Å². The largest absolute Gasteiger partial charge is 0.496 e. The Labute approximate surface area is 180 Å². The van der Waals surface area contributed by atoms with Gasteiger partial charge in [0.2, 0.25) is 0 Å². The lowest BCUT2D eigenvalue weighted by Gasteiger charge is -2.35. The molecule has 2 aromatic carbocycles. The first-order valence-corrected chi connectivity index (χ1v) is 10.5. The van der Waals surface area contributed by atoms with Crippen molar-refractivity contribution < 1.29 is 13.9 Å². The Morgan fingerprint density at radius 1 is 1.13 bits per heavy atom. The topological polar surface area (TPSA) is 56.1 Å². The van der Waals surface area contributed by atoms with Gasteiger partial charge >= 0.3 is 0 Å². The average Bonchev–Trinajstić information content (AvgIpc) is 3.08. The number of fused-ring (bicyclic) bond motifs is 1. The average molecular weight is 417 g/mol. The molecule has 1 aromatic heterocycles. The van der Waals surface area contributed by atoms with E-state index in [1.165, 1.54) is 12.1 Å². The first-order chi connectivity index (χ1) is 15.0. The Kier molecular flexibility index (Phi) is 4.65. The lowest BCUT2D eigenvalue weighted by atomic mass is 9.81. The first kappa shape index (κ1) is 19.5. The van der Waals surface area contributed by atoms with Crippen molar-refractivity contribution in [2.75, 3.05) is 12.4 Å². The molecule has 6 heteroatoms. The molecule has 3 aromatic rings. The lowest BCUT2D eigenvalue weighted by Crippen LogP contribution is -2.33. The molecule has 31 heavy (non-hydrogen) atoms. The van der Waals surface area contributed by atoms with Crippen molar-refractivity contribution in [3.05, 3.63) is 76.9 Å². The highest BCUT2D eigenvalue weighted by molar-refractivity contribution is 6.00. The zero-order valence-corrected chi connectivity index (χ0v) is 17.8. The highest BCUT2D eigenvalue weighted by Gasteiger charge is 2.40. The number of Topliss-reactive ketones (excluding diaryl/α,β-unsaturated/α-hetero) is 1. The summed E-state index contributed by atoms with van der Waals surface area (Å²) in [5, 5.41) is 8.37. The van der Waals surface area contributed by atoms with Gasteiger partial charge in [-0.2, -0.15) is 5.10 Å². The molecule has 5 rings (SSSR count). The number of ether oxygens (including phenoxy) is 1. The minimum Gasteiger partial charge on any atom is -0.496 e. The summed E-state index contributed by atoms with van der Waals surface area (Å²) < 4.78 is 21.1. The molecule has 158 valence electrons. The molecule has 1 N–H and O–H groups in total. The highest BCUT2D eigenvalue weighted by Crippen LogP contribution is 2.47. The van der Waals surface area contributed by atoms with Gasteiger partial charge in [0, 0.05) is 28.8 Å². The van der Waals surface area contributed by atoms with Crippen molar-refractivity contribution in [3.8, 4) is 16.9 Å². The summed E-state index contributed by atoms with van der Waals surface area (Å²) in [4.78, 5) is 13.2. The number of anilines is 1. The zero-order chi connectivity index (χ0) is 21.7. The molecule has 0 unspecified atom stereocenters. The van der Waals surface area contributed by atoms with Crippen molar-refractivity contribution in [1.29, 1.82) is 0 Å². The number of para-hydroxylation sites is 1. The summed E-state index contributed by atoms with van der Waals surface area (Å²) in [6.07, 6.45) is 1.31. The SMILES string of the molecule is COc1ccccc1[C@H]1C2=C(C[C@H](C)CC2=O)Nc2c(-c3ccc(F)cc3)c(C)nn21. The van der Waals surface area contributed by atoms with Crippen molar-refractivity contribution in [3.63, 3.8) is 0 Å². The van der Waals surface area contributed by atoms with E-state index in [2.05, 4.69) is 12.2 Å². The number of benzene rings is 2. The van der Waals surface area contributed by atoms with Gasteiger partial charge in [-0.3, -0.25) is 4.79 Å². The van der Waals surface area contributed by atoms with Crippen LogP contribution in [0, 0.1) is 18.7 Å². The fourth-order valence-corrected chi connectivity index (χ4v) is 4.82. The maximum absolute atomic E-state index is 13.5. The third-order valence-corrected chi connectivity index (χ3v) is 6.15. The number of aryl methyl sites for hydroxylation is 1. The lowest BCUT2D eigenvalue weighted by molar-refractivity contribution is -0.117. The molecule has 1 aliphatic heterocycles. The second-order valence-electron chi connectivity index (χ2n) is 8.36. The van der Waals surface area contributed by atoms with Gasteiger partial charge in [0.25, 0.3) is 0 Å². The molecule has 0 bridgehead atoms. The zero-order valence-electron chi connectivity index (χ0n) is 17.8. The Bertz CT molecular complexity index is 1210. The van der Waals surface area contributed by atoms with Crippen LogP contribution < -0.4 is 10.1 Å². The van der Waals surface area contributed by atoms with E-state index in [-0.39, 0.29) is 23.6 Å².